The van der Waals surface area contributed by atoms with Crippen LogP contribution in [-0.2, 0) is 0 Å². The number of nitrogens with one attached hydrogen (secondary N) is 1. The maximum Gasteiger partial charge on any atom is 0.137 e. The lowest BCUT2D eigenvalue weighted by molar-refractivity contribution is 0.212. The molecule has 0 saturated heterocycles. The molecule has 2 rings (SSSR count). The van der Waals surface area contributed by atoms with Crippen LogP contribution in [0.4, 0.5) is 10.1 Å². The molecule has 0 radical (unpaired) electrons. The second-order valence-corrected chi connectivity index (χ2v) is 6.32. The van der Waals surface area contributed by atoms with E-state index >= 15 is 0 Å². The lowest BCUT2D eigenvalue weighted by Crippen LogP contribution is -2.53. The molecular weight excluding hydrogens is 307 g/mol. The Morgan fingerprint density at radius 1 is 1.47 bits per heavy atom. The van der Waals surface area contributed by atoms with Crippen molar-refractivity contribution in [2.75, 3.05) is 11.9 Å². The first-order valence-electron chi connectivity index (χ1n) is 7.04. The third kappa shape index (κ3) is 3.11. The first-order valence-corrected chi connectivity index (χ1v) is 7.84. The highest BCUT2D eigenvalue weighted by molar-refractivity contribution is 9.10. The van der Waals surface area contributed by atoms with Crippen LogP contribution in [0.5, 0.6) is 0 Å². The summed E-state index contributed by atoms with van der Waals surface area (Å²) in [5.41, 5.74) is 6.98. The van der Waals surface area contributed by atoms with Crippen molar-refractivity contribution in [3.63, 3.8) is 0 Å². The zero-order valence-electron chi connectivity index (χ0n) is 11.4. The van der Waals surface area contributed by atoms with Gasteiger partial charge in [-0.2, -0.15) is 0 Å². The molecule has 2 nitrogen and oxygen atoms in total. The second-order valence-electron chi connectivity index (χ2n) is 5.47. The van der Waals surface area contributed by atoms with E-state index in [1.807, 2.05) is 0 Å². The molecule has 1 aromatic carbocycles. The highest BCUT2D eigenvalue weighted by Crippen LogP contribution is 2.38. The lowest BCUT2D eigenvalue weighted by Gasteiger charge is -2.45. The van der Waals surface area contributed by atoms with E-state index in [9.17, 15) is 4.39 Å². The van der Waals surface area contributed by atoms with Gasteiger partial charge in [-0.3, -0.25) is 0 Å². The van der Waals surface area contributed by atoms with E-state index in [4.69, 9.17) is 5.73 Å². The topological polar surface area (TPSA) is 38.0 Å². The number of rotatable bonds is 4. The Labute approximate surface area is 123 Å². The monoisotopic (exact) mass is 328 g/mol. The first kappa shape index (κ1) is 14.8. The van der Waals surface area contributed by atoms with Crippen LogP contribution in [-0.4, -0.2) is 12.1 Å². The van der Waals surface area contributed by atoms with Gasteiger partial charge < -0.3 is 11.1 Å². The number of hydrogen-bond acceptors (Lipinski definition) is 2. The summed E-state index contributed by atoms with van der Waals surface area (Å²) in [4.78, 5) is 0. The van der Waals surface area contributed by atoms with Crippen LogP contribution in [0, 0.1) is 11.7 Å². The minimum Gasteiger partial charge on any atom is -0.378 e. The van der Waals surface area contributed by atoms with Crippen LogP contribution >= 0.6 is 15.9 Å². The smallest absolute Gasteiger partial charge is 0.137 e. The summed E-state index contributed by atoms with van der Waals surface area (Å²) in [6, 6.07) is 5.08. The quantitative estimate of drug-likeness (QED) is 0.864. The number of hydrogen-bond donors (Lipinski definition) is 2. The maximum atomic E-state index is 13.3. The first-order chi connectivity index (χ1) is 9.11. The molecule has 0 aliphatic heterocycles. The van der Waals surface area contributed by atoms with Crippen molar-refractivity contribution in [3.8, 4) is 0 Å². The number of nitrogens with two attached hydrogens (primary N) is 1. The Balaban J connectivity index is 2.23. The van der Waals surface area contributed by atoms with Gasteiger partial charge >= 0.3 is 0 Å². The van der Waals surface area contributed by atoms with Crippen molar-refractivity contribution < 1.29 is 4.39 Å². The Kier molecular flexibility index (Phi) is 4.85. The molecule has 0 aromatic heterocycles. The summed E-state index contributed by atoms with van der Waals surface area (Å²) in [5, 5.41) is 3.59. The Morgan fingerprint density at radius 2 is 2.26 bits per heavy atom. The highest BCUT2D eigenvalue weighted by atomic mass is 79.9. The van der Waals surface area contributed by atoms with Crippen LogP contribution in [0.3, 0.4) is 0 Å². The van der Waals surface area contributed by atoms with E-state index in [0.29, 0.717) is 16.9 Å². The van der Waals surface area contributed by atoms with Crippen LogP contribution in [0.15, 0.2) is 22.7 Å². The van der Waals surface area contributed by atoms with E-state index in [2.05, 4.69) is 28.2 Å². The Hall–Kier alpha value is -0.610. The van der Waals surface area contributed by atoms with E-state index in [-0.39, 0.29) is 11.4 Å². The van der Waals surface area contributed by atoms with Gasteiger partial charge in [-0.25, -0.2) is 4.39 Å². The van der Waals surface area contributed by atoms with Crippen molar-refractivity contribution in [2.45, 2.75) is 44.6 Å². The van der Waals surface area contributed by atoms with E-state index in [1.165, 1.54) is 25.3 Å². The van der Waals surface area contributed by atoms with Gasteiger partial charge in [0.1, 0.15) is 5.82 Å². The average molecular weight is 329 g/mol. The summed E-state index contributed by atoms with van der Waals surface area (Å²) < 4.78 is 13.8. The minimum absolute atomic E-state index is 0.0374. The van der Waals surface area contributed by atoms with E-state index in [0.717, 1.165) is 18.5 Å². The predicted octanol–water partition coefficient (Wildman–Crippen LogP) is 4.30. The number of benzene rings is 1. The van der Waals surface area contributed by atoms with Crippen molar-refractivity contribution in [3.05, 3.63) is 28.5 Å². The summed E-state index contributed by atoms with van der Waals surface area (Å²) in [6.07, 6.45) is 5.95. The van der Waals surface area contributed by atoms with Crippen LogP contribution < -0.4 is 11.1 Å². The molecule has 1 aliphatic carbocycles. The molecule has 0 spiro atoms. The SMILES string of the molecule is CCC1CCCCC1(CN)Nc1ccc(F)c(Br)c1. The molecule has 2 unspecified atom stereocenters. The molecule has 0 heterocycles. The summed E-state index contributed by atoms with van der Waals surface area (Å²) in [7, 11) is 0. The van der Waals surface area contributed by atoms with Gasteiger partial charge in [0.2, 0.25) is 0 Å². The van der Waals surface area contributed by atoms with Crippen LogP contribution in [0.25, 0.3) is 0 Å². The Morgan fingerprint density at radius 3 is 2.89 bits per heavy atom. The molecular formula is C15H22BrFN2. The molecule has 1 aromatic rings. The summed E-state index contributed by atoms with van der Waals surface area (Å²) in [6.45, 7) is 2.85. The van der Waals surface area contributed by atoms with Gasteiger partial charge in [0.05, 0.1) is 10.0 Å². The van der Waals surface area contributed by atoms with Gasteiger partial charge in [0.15, 0.2) is 0 Å². The molecule has 4 heteroatoms. The van der Waals surface area contributed by atoms with Crippen molar-refractivity contribution in [2.24, 2.45) is 11.7 Å². The fraction of sp³-hybridized carbons (Fsp3) is 0.600. The van der Waals surface area contributed by atoms with Crippen LogP contribution in [0.1, 0.15) is 39.0 Å². The minimum atomic E-state index is -0.233. The Bertz CT molecular complexity index is 438. The average Bonchev–Trinajstić information content (AvgIpc) is 2.43. The molecule has 2 atom stereocenters. The van der Waals surface area contributed by atoms with Gasteiger partial charge in [-0.05, 0) is 52.9 Å². The molecule has 1 saturated carbocycles. The maximum absolute atomic E-state index is 13.3. The number of halogens is 2. The molecule has 0 bridgehead atoms. The molecule has 0 amide bonds. The van der Waals surface area contributed by atoms with Gasteiger partial charge in [0.25, 0.3) is 0 Å². The molecule has 3 N–H and O–H groups in total. The third-order valence-corrected chi connectivity index (χ3v) is 4.98. The standard InChI is InChI=1S/C15H22BrFN2/c1-2-11-5-3-4-8-15(11,10-18)19-12-6-7-14(17)13(16)9-12/h6-7,9,11,19H,2-5,8,10,18H2,1H3. The number of anilines is 1. The molecule has 106 valence electrons. The summed E-state index contributed by atoms with van der Waals surface area (Å²) in [5.74, 6) is 0.359. The van der Waals surface area contributed by atoms with Crippen molar-refractivity contribution in [1.82, 2.24) is 0 Å². The van der Waals surface area contributed by atoms with Crippen molar-refractivity contribution >= 4 is 21.6 Å². The molecule has 1 aliphatic rings. The van der Waals surface area contributed by atoms with Gasteiger partial charge in [-0.1, -0.05) is 26.2 Å². The van der Waals surface area contributed by atoms with Gasteiger partial charge in [-0.15, -0.1) is 0 Å². The fourth-order valence-corrected chi connectivity index (χ4v) is 3.63. The second kappa shape index (κ2) is 6.23. The molecule has 19 heavy (non-hydrogen) atoms. The van der Waals surface area contributed by atoms with Crippen molar-refractivity contribution in [1.29, 1.82) is 0 Å². The third-order valence-electron chi connectivity index (χ3n) is 4.38. The van der Waals surface area contributed by atoms with Gasteiger partial charge in [0, 0.05) is 12.2 Å². The fourth-order valence-electron chi connectivity index (χ4n) is 3.25. The highest BCUT2D eigenvalue weighted by Gasteiger charge is 2.38. The summed E-state index contributed by atoms with van der Waals surface area (Å²) >= 11 is 3.24. The van der Waals surface area contributed by atoms with Crippen LogP contribution in [0.2, 0.25) is 0 Å². The van der Waals surface area contributed by atoms with E-state index in [1.54, 1.807) is 12.1 Å². The predicted molar refractivity (Wildman–Crippen MR) is 81.8 cm³/mol. The normalized spacial score (nSPS) is 27.3. The largest absolute Gasteiger partial charge is 0.378 e. The molecule has 1 fully saturated rings. The zero-order chi connectivity index (χ0) is 13.9. The van der Waals surface area contributed by atoms with E-state index < -0.39 is 0 Å². The zero-order valence-corrected chi connectivity index (χ0v) is 13.0. The lowest BCUT2D eigenvalue weighted by atomic mass is 9.71.